The quantitative estimate of drug-likeness (QED) is 0.381. The van der Waals surface area contributed by atoms with E-state index in [4.69, 9.17) is 11.8 Å². The lowest BCUT2D eigenvalue weighted by Gasteiger charge is -2.06. The zero-order chi connectivity index (χ0) is 11.4. The average Bonchev–Trinajstić information content (AvgIpc) is 2.16. The summed E-state index contributed by atoms with van der Waals surface area (Å²) >= 11 is 7.05. The third-order valence-electron chi connectivity index (χ3n) is 1.64. The fourth-order valence-corrected chi connectivity index (χ4v) is 2.12. The first-order valence-electron chi connectivity index (χ1n) is 4.36. The van der Waals surface area contributed by atoms with Crippen LogP contribution in [0.25, 0.3) is 0 Å². The third kappa shape index (κ3) is 3.28. The minimum absolute atomic E-state index is 0.0156. The monoisotopic (exact) mass is 246 g/mol. The summed E-state index contributed by atoms with van der Waals surface area (Å²) < 4.78 is 0. The number of halogens is 1. The van der Waals surface area contributed by atoms with Crippen LogP contribution in [0.1, 0.15) is 13.8 Å². The lowest BCUT2D eigenvalue weighted by Crippen LogP contribution is -1.94. The van der Waals surface area contributed by atoms with E-state index >= 15 is 0 Å². The highest BCUT2D eigenvalue weighted by Crippen LogP contribution is 2.32. The van der Waals surface area contributed by atoms with Crippen molar-refractivity contribution in [2.45, 2.75) is 24.0 Å². The molecule has 1 aromatic carbocycles. The van der Waals surface area contributed by atoms with Gasteiger partial charge in [0.25, 0.3) is 5.69 Å². The van der Waals surface area contributed by atoms with Gasteiger partial charge in [-0.1, -0.05) is 13.8 Å². The van der Waals surface area contributed by atoms with E-state index in [1.54, 1.807) is 23.9 Å². The Bertz CT molecular complexity index is 371. The van der Waals surface area contributed by atoms with Crippen LogP contribution >= 0.6 is 23.5 Å². The number of rotatable bonds is 4. The zero-order valence-corrected chi connectivity index (χ0v) is 9.93. The number of benzene rings is 1. The summed E-state index contributed by atoms with van der Waals surface area (Å²) in [5.41, 5.74) is 0.311. The molecule has 0 unspecified atom stereocenters. The van der Waals surface area contributed by atoms with E-state index in [1.165, 1.54) is 6.07 Å². The Morgan fingerprint density at radius 2 is 2.20 bits per heavy atom. The van der Waals surface area contributed by atoms with Crippen molar-refractivity contribution in [2.24, 2.45) is 0 Å². The van der Waals surface area contributed by atoms with Gasteiger partial charge in [-0.3, -0.25) is 15.0 Å². The molecule has 0 saturated heterocycles. The molecule has 0 fully saturated rings. The normalized spacial score (nSPS) is 10.4. The first kappa shape index (κ1) is 12.1. The van der Waals surface area contributed by atoms with Crippen molar-refractivity contribution in [2.75, 3.05) is 4.84 Å². The molecule has 0 aliphatic carbocycles. The molecule has 15 heavy (non-hydrogen) atoms. The van der Waals surface area contributed by atoms with Crippen LogP contribution in [0.2, 0.25) is 0 Å². The largest absolute Gasteiger partial charge is 0.293 e. The van der Waals surface area contributed by atoms with Gasteiger partial charge < -0.3 is 0 Å². The number of anilines is 1. The lowest BCUT2D eigenvalue weighted by atomic mass is 10.3. The summed E-state index contributed by atoms with van der Waals surface area (Å²) in [5, 5.41) is 11.0. The van der Waals surface area contributed by atoms with Gasteiger partial charge in [0, 0.05) is 28.0 Å². The van der Waals surface area contributed by atoms with Crippen molar-refractivity contribution in [3.05, 3.63) is 28.3 Å². The minimum atomic E-state index is -0.464. The second kappa shape index (κ2) is 5.23. The molecule has 0 spiro atoms. The fraction of sp³-hybridized carbons (Fsp3) is 0.333. The van der Waals surface area contributed by atoms with Gasteiger partial charge in [-0.05, 0) is 12.1 Å². The first-order chi connectivity index (χ1) is 7.04. The van der Waals surface area contributed by atoms with Crippen molar-refractivity contribution in [3.8, 4) is 0 Å². The maximum absolute atomic E-state index is 10.6. The molecule has 0 bridgehead atoms. The molecule has 0 aliphatic heterocycles. The molecular weight excluding hydrogens is 236 g/mol. The number of hydrogen-bond donors (Lipinski definition) is 1. The van der Waals surface area contributed by atoms with Gasteiger partial charge in [0.1, 0.15) is 5.69 Å². The van der Waals surface area contributed by atoms with Crippen LogP contribution in [-0.4, -0.2) is 10.2 Å². The van der Waals surface area contributed by atoms with Gasteiger partial charge in [-0.25, -0.2) is 0 Å². The summed E-state index contributed by atoms with van der Waals surface area (Å²) in [5.74, 6) is 0. The number of thioether (sulfide) groups is 1. The lowest BCUT2D eigenvalue weighted by molar-refractivity contribution is -0.383. The second-order valence-electron chi connectivity index (χ2n) is 3.20. The van der Waals surface area contributed by atoms with Crippen LogP contribution in [0.4, 0.5) is 11.4 Å². The van der Waals surface area contributed by atoms with E-state index in [2.05, 4.69) is 18.7 Å². The molecule has 6 heteroatoms. The summed E-state index contributed by atoms with van der Waals surface area (Å²) in [6.45, 7) is 4.11. The number of nitro groups is 1. The Morgan fingerprint density at radius 1 is 1.53 bits per heavy atom. The molecule has 0 heterocycles. The number of nitrogens with zero attached hydrogens (tertiary/aromatic N) is 1. The van der Waals surface area contributed by atoms with Crippen molar-refractivity contribution in [1.82, 2.24) is 0 Å². The number of nitrogens with one attached hydrogen (secondary N) is 1. The van der Waals surface area contributed by atoms with E-state index in [9.17, 15) is 10.1 Å². The maximum Gasteiger partial charge on any atom is 0.293 e. The van der Waals surface area contributed by atoms with Crippen LogP contribution in [0, 0.1) is 10.1 Å². The van der Waals surface area contributed by atoms with Gasteiger partial charge in [0.15, 0.2) is 0 Å². The van der Waals surface area contributed by atoms with Gasteiger partial charge in [-0.2, -0.15) is 0 Å². The maximum atomic E-state index is 10.6. The van der Waals surface area contributed by atoms with E-state index in [-0.39, 0.29) is 5.69 Å². The van der Waals surface area contributed by atoms with E-state index in [0.717, 1.165) is 4.90 Å². The molecule has 0 saturated carbocycles. The molecule has 4 nitrogen and oxygen atoms in total. The molecule has 1 rings (SSSR count). The first-order valence-corrected chi connectivity index (χ1v) is 5.62. The van der Waals surface area contributed by atoms with Gasteiger partial charge >= 0.3 is 0 Å². The SMILES string of the molecule is CC(C)Sc1ccc([N+](=O)[O-])c(NCl)c1. The Kier molecular flexibility index (Phi) is 4.23. The predicted molar refractivity (Wildman–Crippen MR) is 63.6 cm³/mol. The molecule has 0 aliphatic rings. The molecule has 0 amide bonds. The summed E-state index contributed by atoms with van der Waals surface area (Å²) in [6.07, 6.45) is 0. The Balaban J connectivity index is 3.02. The van der Waals surface area contributed by atoms with Crippen LogP contribution in [0.15, 0.2) is 23.1 Å². The highest BCUT2D eigenvalue weighted by atomic mass is 35.5. The highest BCUT2D eigenvalue weighted by molar-refractivity contribution is 7.99. The van der Waals surface area contributed by atoms with Crippen LogP contribution < -0.4 is 4.84 Å². The summed E-state index contributed by atoms with van der Waals surface area (Å²) in [6, 6.07) is 4.85. The van der Waals surface area contributed by atoms with Gasteiger partial charge in [-0.15, -0.1) is 11.8 Å². The molecular formula is C9H11ClN2O2S. The molecule has 0 radical (unpaired) electrons. The number of nitro benzene ring substituents is 1. The van der Waals surface area contributed by atoms with Crippen molar-refractivity contribution >= 4 is 34.9 Å². The fourth-order valence-electron chi connectivity index (χ4n) is 1.10. The highest BCUT2D eigenvalue weighted by Gasteiger charge is 2.13. The average molecular weight is 247 g/mol. The molecule has 1 N–H and O–H groups in total. The zero-order valence-electron chi connectivity index (χ0n) is 8.36. The Hall–Kier alpha value is -0.940. The number of hydrogen-bond acceptors (Lipinski definition) is 4. The van der Waals surface area contributed by atoms with Crippen molar-refractivity contribution in [3.63, 3.8) is 0 Å². The Labute approximate surface area is 97.3 Å². The van der Waals surface area contributed by atoms with Gasteiger partial charge in [0.05, 0.1) is 4.92 Å². The second-order valence-corrected chi connectivity index (χ2v) is 5.04. The van der Waals surface area contributed by atoms with Crippen molar-refractivity contribution < 1.29 is 4.92 Å². The third-order valence-corrected chi connectivity index (χ3v) is 2.84. The molecule has 0 aromatic heterocycles. The summed E-state index contributed by atoms with van der Waals surface area (Å²) in [4.78, 5) is 13.4. The van der Waals surface area contributed by atoms with E-state index < -0.39 is 4.92 Å². The molecule has 1 aromatic rings. The molecule has 82 valence electrons. The standard InChI is InChI=1S/C9H11ClN2O2S/c1-6(2)15-7-3-4-9(12(13)14)8(5-7)11-10/h3-6,11H,1-2H3. The van der Waals surface area contributed by atoms with E-state index in [1.807, 2.05) is 0 Å². The van der Waals surface area contributed by atoms with Crippen LogP contribution in [-0.2, 0) is 0 Å². The van der Waals surface area contributed by atoms with E-state index in [0.29, 0.717) is 10.9 Å². The van der Waals surface area contributed by atoms with Crippen molar-refractivity contribution in [1.29, 1.82) is 0 Å². The topological polar surface area (TPSA) is 55.2 Å². The van der Waals surface area contributed by atoms with Crippen LogP contribution in [0.3, 0.4) is 0 Å². The minimum Gasteiger partial charge on any atom is -0.292 e. The smallest absolute Gasteiger partial charge is 0.292 e. The van der Waals surface area contributed by atoms with Crippen LogP contribution in [0.5, 0.6) is 0 Å². The Morgan fingerprint density at radius 3 is 2.67 bits per heavy atom. The molecule has 0 atom stereocenters. The summed E-state index contributed by atoms with van der Waals surface area (Å²) in [7, 11) is 0. The predicted octanol–water partition coefficient (Wildman–Crippen LogP) is 3.66. The van der Waals surface area contributed by atoms with Gasteiger partial charge in [0.2, 0.25) is 0 Å².